The Morgan fingerprint density at radius 3 is 1.09 bits per heavy atom. The lowest BCUT2D eigenvalue weighted by Crippen LogP contribution is -2.44. The van der Waals surface area contributed by atoms with E-state index in [0.29, 0.717) is 0 Å². The minimum Gasteiger partial charge on any atom is -0.404 e. The maximum atomic E-state index is 3.56. The Labute approximate surface area is 188 Å². The Balaban J connectivity index is 1.31. The Morgan fingerprint density at radius 2 is 0.719 bits per heavy atom. The number of anilines is 4. The lowest BCUT2D eigenvalue weighted by molar-refractivity contribution is 1.65. The average molecular weight is 410 g/mol. The molecule has 2 aliphatic rings. The van der Waals surface area contributed by atoms with Crippen molar-refractivity contribution in [2.45, 2.75) is 0 Å². The molecule has 6 rings (SSSR count). The number of hydrogen-bond acceptors (Lipinski definition) is 4. The molecule has 4 nitrogen and oxygen atoms in total. The molecule has 2 heterocycles. The summed E-state index contributed by atoms with van der Waals surface area (Å²) in [5.41, 5.74) is 8.75. The molecule has 2 aliphatic heterocycles. The first-order chi connectivity index (χ1) is 15.8. The summed E-state index contributed by atoms with van der Waals surface area (Å²) >= 11 is 0. The number of benzene rings is 4. The van der Waals surface area contributed by atoms with Crippen LogP contribution in [0.1, 0.15) is 11.1 Å². The van der Waals surface area contributed by atoms with Gasteiger partial charge in [0.1, 0.15) is 0 Å². The van der Waals surface area contributed by atoms with E-state index in [2.05, 4.69) is 93.4 Å². The summed E-state index contributed by atoms with van der Waals surface area (Å²) in [7, 11) is 0. The number of fused-ring (bicyclic) bond motifs is 2. The zero-order chi connectivity index (χ0) is 21.3. The van der Waals surface area contributed by atoms with Crippen LogP contribution < -0.4 is 31.8 Å². The summed E-state index contributed by atoms with van der Waals surface area (Å²) in [6.07, 6.45) is 0. The van der Waals surface area contributed by atoms with Crippen LogP contribution in [0.3, 0.4) is 0 Å². The number of hydrogen-bond donors (Lipinski definition) is 4. The molecule has 0 bridgehead atoms. The molecule has 0 spiro atoms. The van der Waals surface area contributed by atoms with Gasteiger partial charge in [-0.15, -0.1) is 0 Å². The van der Waals surface area contributed by atoms with Crippen molar-refractivity contribution >= 4 is 47.6 Å². The van der Waals surface area contributed by atoms with Crippen LogP contribution in [-0.2, 0) is 0 Å². The minimum atomic E-state index is 0.000748. The van der Waals surface area contributed by atoms with Crippen LogP contribution in [0.2, 0.25) is 0 Å². The van der Waals surface area contributed by atoms with E-state index in [4.69, 9.17) is 0 Å². The van der Waals surface area contributed by atoms with Gasteiger partial charge in [0.25, 0.3) is 0 Å². The van der Waals surface area contributed by atoms with Crippen LogP contribution in [0.4, 0.5) is 22.7 Å². The van der Waals surface area contributed by atoms with E-state index < -0.39 is 0 Å². The lowest BCUT2D eigenvalue weighted by atomic mass is 9.66. The van der Waals surface area contributed by atoms with Gasteiger partial charge in [-0.25, -0.2) is 0 Å². The monoisotopic (exact) mass is 410 g/mol. The van der Waals surface area contributed by atoms with Crippen molar-refractivity contribution < 1.29 is 0 Å². The van der Waals surface area contributed by atoms with Crippen LogP contribution in [0.5, 0.6) is 0 Å². The van der Waals surface area contributed by atoms with Gasteiger partial charge in [-0.2, -0.15) is 0 Å². The molecule has 4 N–H and O–H groups in total. The summed E-state index contributed by atoms with van der Waals surface area (Å²) in [5.74, 6) is 6.87. The first-order valence-electron chi connectivity index (χ1n) is 10.8. The third kappa shape index (κ3) is 3.34. The molecule has 0 fully saturated rings. The van der Waals surface area contributed by atoms with Crippen molar-refractivity contribution in [3.05, 3.63) is 108 Å². The Morgan fingerprint density at radius 1 is 0.406 bits per heavy atom. The maximum absolute atomic E-state index is 3.56. The molecule has 32 heavy (non-hydrogen) atoms. The second kappa shape index (κ2) is 7.79. The summed E-state index contributed by atoms with van der Waals surface area (Å²) in [5, 5.41) is 14.2. The average Bonchev–Trinajstić information content (AvgIpc) is 3.47. The molecule has 0 saturated carbocycles. The minimum absolute atomic E-state index is 0.000748. The lowest BCUT2D eigenvalue weighted by Gasteiger charge is -2.11. The summed E-state index contributed by atoms with van der Waals surface area (Å²) in [4.78, 5) is 0. The van der Waals surface area contributed by atoms with Crippen molar-refractivity contribution in [3.8, 4) is 11.8 Å². The maximum Gasteiger partial charge on any atom is 0.407 e. The third-order valence-electron chi connectivity index (χ3n) is 5.93. The molecule has 0 radical (unpaired) electrons. The molecule has 0 aliphatic carbocycles. The largest absolute Gasteiger partial charge is 0.407 e. The fourth-order valence-corrected chi connectivity index (χ4v) is 4.33. The van der Waals surface area contributed by atoms with Crippen LogP contribution in [0.15, 0.2) is 97.1 Å². The fraction of sp³-hybridized carbons (Fsp3) is 0. The van der Waals surface area contributed by atoms with E-state index >= 15 is 0 Å². The number of rotatable bonds is 2. The highest BCUT2D eigenvalue weighted by molar-refractivity contribution is 6.82. The van der Waals surface area contributed by atoms with E-state index in [-0.39, 0.29) is 14.0 Å². The highest BCUT2D eigenvalue weighted by atomic mass is 15.0. The molecule has 150 valence electrons. The van der Waals surface area contributed by atoms with E-state index in [0.717, 1.165) is 44.8 Å². The molecule has 0 aromatic heterocycles. The van der Waals surface area contributed by atoms with Crippen LogP contribution in [-0.4, -0.2) is 14.0 Å². The van der Waals surface area contributed by atoms with Gasteiger partial charge in [-0.05, 0) is 47.3 Å². The van der Waals surface area contributed by atoms with Gasteiger partial charge in [-0.1, -0.05) is 72.5 Å². The van der Waals surface area contributed by atoms with Gasteiger partial charge in [0, 0.05) is 33.9 Å². The van der Waals surface area contributed by atoms with Crippen molar-refractivity contribution in [2.75, 3.05) is 20.9 Å². The number of nitrogens with one attached hydrogen (secondary N) is 4. The van der Waals surface area contributed by atoms with Crippen molar-refractivity contribution in [2.24, 2.45) is 0 Å². The SMILES string of the molecule is C(#Cc1ccccc1B1Nc2ccccc2N1)c1ccccc1B1Nc2ccccc2N1. The van der Waals surface area contributed by atoms with Crippen LogP contribution >= 0.6 is 0 Å². The van der Waals surface area contributed by atoms with Crippen LogP contribution in [0.25, 0.3) is 0 Å². The van der Waals surface area contributed by atoms with Crippen molar-refractivity contribution in [1.82, 2.24) is 0 Å². The van der Waals surface area contributed by atoms with Crippen LogP contribution in [0, 0.1) is 11.8 Å². The van der Waals surface area contributed by atoms with Gasteiger partial charge in [-0.3, -0.25) is 0 Å². The highest BCUT2D eigenvalue weighted by Crippen LogP contribution is 2.27. The zero-order valence-electron chi connectivity index (χ0n) is 17.4. The standard InChI is InChI=1S/C26H20B2N4/c1-3-11-21(27-29-23-13-5-6-14-24(23)30-27)19(9-1)17-18-20-10-2-4-12-22(20)28-31-25-15-7-8-16-26(25)32-28/h1-16,29-32H. The molecule has 0 unspecified atom stereocenters. The van der Waals surface area contributed by atoms with E-state index in [1.165, 1.54) is 0 Å². The Kier molecular flexibility index (Phi) is 4.51. The Hall–Kier alpha value is -4.23. The van der Waals surface area contributed by atoms with E-state index in [9.17, 15) is 0 Å². The first-order valence-corrected chi connectivity index (χ1v) is 10.8. The molecule has 6 heteroatoms. The predicted octanol–water partition coefficient (Wildman–Crippen LogP) is 3.55. The molecule has 0 amide bonds. The quantitative estimate of drug-likeness (QED) is 0.302. The predicted molar refractivity (Wildman–Crippen MR) is 137 cm³/mol. The van der Waals surface area contributed by atoms with Gasteiger partial charge < -0.3 is 20.9 Å². The molecular formula is C26H20B2N4. The van der Waals surface area contributed by atoms with Gasteiger partial charge in [0.2, 0.25) is 0 Å². The van der Waals surface area contributed by atoms with Gasteiger partial charge in [0.05, 0.1) is 0 Å². The van der Waals surface area contributed by atoms with Crippen molar-refractivity contribution in [3.63, 3.8) is 0 Å². The third-order valence-corrected chi connectivity index (χ3v) is 5.93. The summed E-state index contributed by atoms with van der Waals surface area (Å²) in [6.45, 7) is 0.00150. The second-order valence-electron chi connectivity index (χ2n) is 7.96. The molecular weight excluding hydrogens is 390 g/mol. The van der Waals surface area contributed by atoms with Gasteiger partial charge >= 0.3 is 14.0 Å². The molecule has 0 atom stereocenters. The fourth-order valence-electron chi connectivity index (χ4n) is 4.33. The van der Waals surface area contributed by atoms with Crippen molar-refractivity contribution in [1.29, 1.82) is 0 Å². The Bertz CT molecular complexity index is 1220. The second-order valence-corrected chi connectivity index (χ2v) is 7.96. The van der Waals surface area contributed by atoms with E-state index in [1.54, 1.807) is 0 Å². The zero-order valence-corrected chi connectivity index (χ0v) is 17.4. The smallest absolute Gasteiger partial charge is 0.404 e. The summed E-state index contributed by atoms with van der Waals surface area (Å²) in [6, 6.07) is 33.2. The topological polar surface area (TPSA) is 48.1 Å². The summed E-state index contributed by atoms with van der Waals surface area (Å²) < 4.78 is 0. The molecule has 4 aromatic rings. The van der Waals surface area contributed by atoms with E-state index in [1.807, 2.05) is 36.4 Å². The number of para-hydroxylation sites is 4. The normalized spacial score (nSPS) is 13.0. The molecule has 4 aromatic carbocycles. The highest BCUT2D eigenvalue weighted by Gasteiger charge is 2.29. The molecule has 0 saturated heterocycles. The first kappa shape index (κ1) is 18.5. The van der Waals surface area contributed by atoms with Gasteiger partial charge in [0.15, 0.2) is 0 Å².